The van der Waals surface area contributed by atoms with E-state index in [4.69, 9.17) is 17.1 Å². The van der Waals surface area contributed by atoms with Crippen molar-refractivity contribution in [2.24, 2.45) is 5.11 Å². The van der Waals surface area contributed by atoms with E-state index >= 15 is 0 Å². The highest BCUT2D eigenvalue weighted by Gasteiger charge is 2.08. The Hall–Kier alpha value is -2.04. The zero-order chi connectivity index (χ0) is 12.0. The highest BCUT2D eigenvalue weighted by atomic mass is 35.5. The maximum absolute atomic E-state index is 11.2. The second-order valence-corrected chi connectivity index (χ2v) is 2.95. The molecule has 0 amide bonds. The maximum Gasteiger partial charge on any atom is 0.340 e. The zero-order valence-corrected chi connectivity index (χ0v) is 9.05. The molecule has 16 heavy (non-hydrogen) atoms. The largest absolute Gasteiger partial charge is 0.466 e. The molecule has 1 aromatic rings. The van der Waals surface area contributed by atoms with E-state index in [-0.39, 0.29) is 10.9 Å². The van der Waals surface area contributed by atoms with E-state index in [0.717, 1.165) is 0 Å². The van der Waals surface area contributed by atoms with Gasteiger partial charge in [0.2, 0.25) is 0 Å². The van der Waals surface area contributed by atoms with Gasteiger partial charge >= 0.3 is 5.97 Å². The predicted octanol–water partition coefficient (Wildman–Crippen LogP) is 2.56. The molecule has 0 aliphatic rings. The summed E-state index contributed by atoms with van der Waals surface area (Å²) in [5.41, 5.74) is 8.58. The number of halogens is 1. The molecule has 82 valence electrons. The molecule has 0 radical (unpaired) electrons. The second-order valence-electron chi connectivity index (χ2n) is 2.59. The molecule has 0 fully saturated rings. The Morgan fingerprint density at radius 1 is 1.75 bits per heavy atom. The fraction of sp³-hybridized carbons (Fsp3) is 0.111. The molecule has 0 bridgehead atoms. The Morgan fingerprint density at radius 3 is 3.06 bits per heavy atom. The molecule has 0 atom stereocenters. The minimum atomic E-state index is -0.738. The molecule has 1 heterocycles. The third kappa shape index (κ3) is 2.98. The lowest BCUT2D eigenvalue weighted by atomic mass is 10.2. The molecule has 1 rings (SSSR count). The van der Waals surface area contributed by atoms with Crippen LogP contribution in [-0.2, 0) is 9.53 Å². The normalized spacial score (nSPS) is 10.5. The summed E-state index contributed by atoms with van der Waals surface area (Å²) in [4.78, 5) is 17.5. The summed E-state index contributed by atoms with van der Waals surface area (Å²) in [5, 5.41) is 3.42. The summed E-state index contributed by atoms with van der Waals surface area (Å²) < 4.78 is 4.44. The van der Waals surface area contributed by atoms with Crippen LogP contribution in [0.1, 0.15) is 5.56 Å². The van der Waals surface area contributed by atoms with Crippen LogP contribution in [0.25, 0.3) is 16.5 Å². The quantitative estimate of drug-likeness (QED) is 0.202. The van der Waals surface area contributed by atoms with Crippen molar-refractivity contribution in [2.45, 2.75) is 0 Å². The number of rotatable bonds is 3. The van der Waals surface area contributed by atoms with Crippen LogP contribution >= 0.6 is 11.6 Å². The van der Waals surface area contributed by atoms with Crippen LogP contribution in [0, 0.1) is 0 Å². The molecular weight excluding hydrogens is 232 g/mol. The Morgan fingerprint density at radius 2 is 2.50 bits per heavy atom. The van der Waals surface area contributed by atoms with E-state index in [1.54, 1.807) is 12.1 Å². The Balaban J connectivity index is 3.17. The summed E-state index contributed by atoms with van der Waals surface area (Å²) in [6, 6.07) is 3.27. The molecule has 0 saturated carbocycles. The minimum Gasteiger partial charge on any atom is -0.466 e. The van der Waals surface area contributed by atoms with Crippen molar-refractivity contribution in [3.05, 3.63) is 45.2 Å². The number of aromatic nitrogens is 1. The van der Waals surface area contributed by atoms with Gasteiger partial charge in [0.1, 0.15) is 10.9 Å². The van der Waals surface area contributed by atoms with Gasteiger partial charge in [-0.05, 0) is 17.7 Å². The van der Waals surface area contributed by atoms with E-state index in [1.165, 1.54) is 19.4 Å². The van der Waals surface area contributed by atoms with Gasteiger partial charge in [-0.2, -0.15) is 0 Å². The summed E-state index contributed by atoms with van der Waals surface area (Å²) >= 11 is 5.77. The van der Waals surface area contributed by atoms with Crippen molar-refractivity contribution in [1.82, 2.24) is 4.98 Å². The number of azide groups is 1. The lowest BCUT2D eigenvalue weighted by Crippen LogP contribution is -2.02. The molecule has 6 nitrogen and oxygen atoms in total. The van der Waals surface area contributed by atoms with Gasteiger partial charge in [-0.3, -0.25) is 0 Å². The summed E-state index contributed by atoms with van der Waals surface area (Å²) in [5.74, 6) is -0.738. The van der Waals surface area contributed by atoms with Crippen LogP contribution in [0.5, 0.6) is 0 Å². The van der Waals surface area contributed by atoms with Crippen molar-refractivity contribution in [1.29, 1.82) is 0 Å². The van der Waals surface area contributed by atoms with Crippen LogP contribution < -0.4 is 0 Å². The number of hydrogen-bond acceptors (Lipinski definition) is 4. The molecule has 0 N–H and O–H groups in total. The number of pyridine rings is 1. The molecule has 0 saturated heterocycles. The first-order valence-electron chi connectivity index (χ1n) is 4.14. The van der Waals surface area contributed by atoms with Crippen molar-refractivity contribution in [3.8, 4) is 0 Å². The molecule has 7 heteroatoms. The van der Waals surface area contributed by atoms with E-state index in [2.05, 4.69) is 19.7 Å². The number of methoxy groups -OCH3 is 1. The smallest absolute Gasteiger partial charge is 0.340 e. The highest BCUT2D eigenvalue weighted by molar-refractivity contribution is 6.30. The third-order valence-corrected chi connectivity index (χ3v) is 1.94. The Labute approximate surface area is 96.1 Å². The first-order valence-corrected chi connectivity index (χ1v) is 4.52. The van der Waals surface area contributed by atoms with Gasteiger partial charge in [-0.1, -0.05) is 22.8 Å². The van der Waals surface area contributed by atoms with Gasteiger partial charge in [0.15, 0.2) is 0 Å². The van der Waals surface area contributed by atoms with Gasteiger partial charge in [-0.25, -0.2) is 9.78 Å². The lowest BCUT2D eigenvalue weighted by molar-refractivity contribution is -0.136. The van der Waals surface area contributed by atoms with Crippen LogP contribution in [0.3, 0.4) is 0 Å². The molecular formula is C9H7ClN4O2. The number of carbonyl (C=O) groups excluding carboxylic acids is 1. The highest BCUT2D eigenvalue weighted by Crippen LogP contribution is 2.16. The fourth-order valence-corrected chi connectivity index (χ4v) is 1.11. The Kier molecular flexibility index (Phi) is 4.32. The van der Waals surface area contributed by atoms with Crippen LogP contribution in [-0.4, -0.2) is 18.1 Å². The van der Waals surface area contributed by atoms with Crippen molar-refractivity contribution in [2.75, 3.05) is 7.11 Å². The average Bonchev–Trinajstić information content (AvgIpc) is 2.30. The van der Waals surface area contributed by atoms with Gasteiger partial charge in [0, 0.05) is 16.7 Å². The van der Waals surface area contributed by atoms with Crippen molar-refractivity contribution < 1.29 is 9.53 Å². The van der Waals surface area contributed by atoms with Crippen molar-refractivity contribution >= 4 is 23.6 Å². The predicted molar refractivity (Wildman–Crippen MR) is 58.4 cm³/mol. The van der Waals surface area contributed by atoms with Gasteiger partial charge in [0.05, 0.1) is 7.11 Å². The summed E-state index contributed by atoms with van der Waals surface area (Å²) in [6.45, 7) is 0. The van der Waals surface area contributed by atoms with Gasteiger partial charge < -0.3 is 4.74 Å². The zero-order valence-electron chi connectivity index (χ0n) is 8.29. The standard InChI is InChI=1S/C9H7ClN4O2/c1-16-9(15)7(13-14-11)5-6-3-2-4-12-8(6)10/h2-5H,1H3. The number of carbonyl (C=O) groups is 1. The molecule has 0 aliphatic carbocycles. The van der Waals surface area contributed by atoms with E-state index < -0.39 is 5.97 Å². The van der Waals surface area contributed by atoms with Crippen molar-refractivity contribution in [3.63, 3.8) is 0 Å². The van der Waals surface area contributed by atoms with Gasteiger partial charge in [0.25, 0.3) is 0 Å². The number of hydrogen-bond donors (Lipinski definition) is 0. The lowest BCUT2D eigenvalue weighted by Gasteiger charge is -1.99. The monoisotopic (exact) mass is 238 g/mol. The molecule has 0 unspecified atom stereocenters. The van der Waals surface area contributed by atoms with Crippen LogP contribution in [0.2, 0.25) is 5.15 Å². The number of nitrogens with zero attached hydrogens (tertiary/aromatic N) is 4. The maximum atomic E-state index is 11.2. The fourth-order valence-electron chi connectivity index (χ4n) is 0.935. The summed E-state index contributed by atoms with van der Waals surface area (Å²) in [7, 11) is 1.19. The SMILES string of the molecule is COC(=O)C(=Cc1cccnc1Cl)N=[N+]=[N-]. The second kappa shape index (κ2) is 5.75. The third-order valence-electron chi connectivity index (χ3n) is 1.63. The average molecular weight is 239 g/mol. The molecule has 0 spiro atoms. The van der Waals surface area contributed by atoms with Gasteiger partial charge in [-0.15, -0.1) is 0 Å². The molecule has 0 aliphatic heterocycles. The van der Waals surface area contributed by atoms with Crippen LogP contribution in [0.15, 0.2) is 29.1 Å². The molecule has 0 aromatic carbocycles. The summed E-state index contributed by atoms with van der Waals surface area (Å²) in [6.07, 6.45) is 2.81. The van der Waals surface area contributed by atoms with E-state index in [0.29, 0.717) is 5.56 Å². The topological polar surface area (TPSA) is 88.0 Å². The number of esters is 1. The first kappa shape index (κ1) is 12.0. The minimum absolute atomic E-state index is 0.181. The number of ether oxygens (including phenoxy) is 1. The Bertz CT molecular complexity index is 480. The molecule has 1 aromatic heterocycles. The van der Waals surface area contributed by atoms with E-state index in [1.807, 2.05) is 0 Å². The first-order chi connectivity index (χ1) is 7.69. The van der Waals surface area contributed by atoms with E-state index in [9.17, 15) is 4.79 Å². The van der Waals surface area contributed by atoms with Crippen LogP contribution in [0.4, 0.5) is 0 Å².